The van der Waals surface area contributed by atoms with Crippen molar-refractivity contribution in [1.29, 1.82) is 0 Å². The van der Waals surface area contributed by atoms with Gasteiger partial charge in [-0.05, 0) is 71.7 Å². The highest BCUT2D eigenvalue weighted by Crippen LogP contribution is 2.46. The van der Waals surface area contributed by atoms with E-state index >= 15 is 0 Å². The number of aromatic nitrogens is 1. The van der Waals surface area contributed by atoms with Crippen molar-refractivity contribution in [1.82, 2.24) is 4.98 Å². The zero-order valence-electron chi connectivity index (χ0n) is 14.1. The summed E-state index contributed by atoms with van der Waals surface area (Å²) in [5, 5.41) is 0. The number of hydrogen-bond acceptors (Lipinski definition) is 3. The average Bonchev–Trinajstić information content (AvgIpc) is 2.56. The molecular weight excluding hydrogens is 366 g/mol. The van der Waals surface area contributed by atoms with E-state index in [1.165, 1.54) is 19.3 Å². The van der Waals surface area contributed by atoms with Crippen LogP contribution in [0, 0.1) is 23.7 Å². The quantitative estimate of drug-likeness (QED) is 0.739. The third kappa shape index (κ3) is 4.02. The highest BCUT2D eigenvalue weighted by molar-refractivity contribution is 9.10. The number of carbonyl (C=O) groups is 2. The maximum Gasteiger partial charge on any atom is 0.137 e. The van der Waals surface area contributed by atoms with Gasteiger partial charge in [0.1, 0.15) is 11.6 Å². The summed E-state index contributed by atoms with van der Waals surface area (Å²) in [7, 11) is 0. The van der Waals surface area contributed by atoms with E-state index in [1.807, 2.05) is 18.2 Å². The van der Waals surface area contributed by atoms with Crippen LogP contribution in [0.15, 0.2) is 28.9 Å². The molecule has 1 heterocycles. The molecule has 1 aromatic heterocycles. The molecule has 0 saturated heterocycles. The van der Waals surface area contributed by atoms with Crippen molar-refractivity contribution < 1.29 is 9.59 Å². The number of fused-ring (bicyclic) bond motifs is 1. The summed E-state index contributed by atoms with van der Waals surface area (Å²) in [6.07, 6.45) is 11.8. The fourth-order valence-corrected chi connectivity index (χ4v) is 4.69. The van der Waals surface area contributed by atoms with Gasteiger partial charge < -0.3 is 4.79 Å². The monoisotopic (exact) mass is 389 g/mol. The minimum absolute atomic E-state index is 0.114. The van der Waals surface area contributed by atoms with Crippen LogP contribution in [0.5, 0.6) is 0 Å². The average molecular weight is 390 g/mol. The Morgan fingerprint density at radius 2 is 2.12 bits per heavy atom. The number of allylic oxidation sites excluding steroid dienone is 1. The predicted octanol–water partition coefficient (Wildman–Crippen LogP) is 4.85. The summed E-state index contributed by atoms with van der Waals surface area (Å²) in [5.41, 5.74) is 0.894. The van der Waals surface area contributed by atoms with Crippen LogP contribution in [0.2, 0.25) is 0 Å². The molecule has 2 aliphatic carbocycles. The number of carbonyl (C=O) groups excluding carboxylic acids is 2. The number of nitrogens with zero attached hydrogens (tertiary/aromatic N) is 1. The second-order valence-corrected chi connectivity index (χ2v) is 8.14. The molecule has 1 aromatic rings. The molecule has 4 atom stereocenters. The number of ketones is 2. The lowest BCUT2D eigenvalue weighted by Crippen LogP contribution is -2.42. The Hall–Kier alpha value is -1.29. The summed E-state index contributed by atoms with van der Waals surface area (Å²) >= 11 is 3.39. The number of Topliss-reactive ketones (excluding diaryl/α,β-unsaturated/α-hetero) is 2. The molecule has 0 N–H and O–H groups in total. The standard InChI is InChI=1S/C20H24BrNO2/c1-13(23)10-19-18(9-8-16-7-6-15(21)12-22-16)17-5-3-2-4-14(17)11-20(19)24/h6-9,12,14,17-19H,2-5,10-11H2,1H3/b9-8+/t14-,17+,18-,19+/m0/s1. The van der Waals surface area contributed by atoms with E-state index in [9.17, 15) is 9.59 Å². The third-order valence-electron chi connectivity index (χ3n) is 5.55. The second-order valence-electron chi connectivity index (χ2n) is 7.23. The molecular formula is C20H24BrNO2. The molecule has 0 amide bonds. The van der Waals surface area contributed by atoms with E-state index in [2.05, 4.69) is 27.0 Å². The molecule has 2 fully saturated rings. The van der Waals surface area contributed by atoms with Crippen LogP contribution in [0.1, 0.15) is 51.1 Å². The van der Waals surface area contributed by atoms with Crippen molar-refractivity contribution in [2.24, 2.45) is 23.7 Å². The molecule has 128 valence electrons. The van der Waals surface area contributed by atoms with Gasteiger partial charge in [-0.15, -0.1) is 0 Å². The number of rotatable bonds is 4. The first kappa shape index (κ1) is 17.5. The first-order valence-corrected chi connectivity index (χ1v) is 9.66. The third-order valence-corrected chi connectivity index (χ3v) is 6.02. The van der Waals surface area contributed by atoms with Crippen LogP contribution in [-0.4, -0.2) is 16.6 Å². The van der Waals surface area contributed by atoms with Gasteiger partial charge in [-0.3, -0.25) is 9.78 Å². The van der Waals surface area contributed by atoms with Crippen molar-refractivity contribution in [3.05, 3.63) is 34.6 Å². The minimum atomic E-state index is -0.145. The fourth-order valence-electron chi connectivity index (χ4n) is 4.45. The Balaban J connectivity index is 1.86. The lowest BCUT2D eigenvalue weighted by Gasteiger charge is -2.43. The van der Waals surface area contributed by atoms with Crippen molar-refractivity contribution in [2.75, 3.05) is 0 Å². The smallest absolute Gasteiger partial charge is 0.137 e. The molecule has 2 aliphatic rings. The lowest BCUT2D eigenvalue weighted by atomic mass is 9.60. The van der Waals surface area contributed by atoms with E-state index in [0.29, 0.717) is 24.7 Å². The molecule has 24 heavy (non-hydrogen) atoms. The Bertz CT molecular complexity index is 638. The summed E-state index contributed by atoms with van der Waals surface area (Å²) in [6, 6.07) is 3.93. The molecule has 0 unspecified atom stereocenters. The maximum atomic E-state index is 12.6. The van der Waals surface area contributed by atoms with Crippen LogP contribution >= 0.6 is 15.9 Å². The molecule has 3 nitrogen and oxygen atoms in total. The molecule has 0 spiro atoms. The van der Waals surface area contributed by atoms with Crippen LogP contribution in [0.25, 0.3) is 6.08 Å². The van der Waals surface area contributed by atoms with Crippen LogP contribution in [0.4, 0.5) is 0 Å². The highest BCUT2D eigenvalue weighted by atomic mass is 79.9. The first-order chi connectivity index (χ1) is 11.5. The Labute approximate surface area is 152 Å². The van der Waals surface area contributed by atoms with Gasteiger partial charge in [-0.1, -0.05) is 18.9 Å². The summed E-state index contributed by atoms with van der Waals surface area (Å²) in [5.74, 6) is 1.46. The van der Waals surface area contributed by atoms with Gasteiger partial charge in [0.05, 0.1) is 5.69 Å². The van der Waals surface area contributed by atoms with Crippen molar-refractivity contribution in [3.8, 4) is 0 Å². The molecule has 4 heteroatoms. The van der Waals surface area contributed by atoms with E-state index < -0.39 is 0 Å². The molecule has 3 rings (SSSR count). The minimum Gasteiger partial charge on any atom is -0.300 e. The zero-order valence-corrected chi connectivity index (χ0v) is 15.7. The SMILES string of the molecule is CC(=O)C[C@H]1C(=O)C[C@@H]2CCCC[C@H]2[C@@H]1/C=C/c1ccc(Br)cn1. The second kappa shape index (κ2) is 7.73. The van der Waals surface area contributed by atoms with E-state index in [1.54, 1.807) is 13.1 Å². The van der Waals surface area contributed by atoms with E-state index in [-0.39, 0.29) is 23.4 Å². The van der Waals surface area contributed by atoms with Crippen LogP contribution < -0.4 is 0 Å². The topological polar surface area (TPSA) is 47.0 Å². The maximum absolute atomic E-state index is 12.6. The zero-order chi connectivity index (χ0) is 17.1. The van der Waals surface area contributed by atoms with E-state index in [4.69, 9.17) is 0 Å². The van der Waals surface area contributed by atoms with E-state index in [0.717, 1.165) is 16.6 Å². The van der Waals surface area contributed by atoms with Crippen molar-refractivity contribution in [2.45, 2.75) is 45.4 Å². The number of hydrogen-bond donors (Lipinski definition) is 0. The summed E-state index contributed by atoms with van der Waals surface area (Å²) < 4.78 is 0.953. The Morgan fingerprint density at radius 1 is 1.33 bits per heavy atom. The molecule has 0 aliphatic heterocycles. The van der Waals surface area contributed by atoms with Crippen molar-refractivity contribution >= 4 is 33.6 Å². The van der Waals surface area contributed by atoms with Crippen LogP contribution in [-0.2, 0) is 9.59 Å². The summed E-state index contributed by atoms with van der Waals surface area (Å²) in [6.45, 7) is 1.59. The van der Waals surface area contributed by atoms with Gasteiger partial charge in [0, 0.05) is 29.4 Å². The van der Waals surface area contributed by atoms with Gasteiger partial charge in [-0.25, -0.2) is 0 Å². The predicted molar refractivity (Wildman–Crippen MR) is 98.3 cm³/mol. The van der Waals surface area contributed by atoms with Gasteiger partial charge in [0.2, 0.25) is 0 Å². The summed E-state index contributed by atoms with van der Waals surface area (Å²) in [4.78, 5) is 28.7. The van der Waals surface area contributed by atoms with Crippen LogP contribution in [0.3, 0.4) is 0 Å². The molecule has 0 radical (unpaired) electrons. The van der Waals surface area contributed by atoms with Gasteiger partial charge in [0.15, 0.2) is 0 Å². The van der Waals surface area contributed by atoms with Gasteiger partial charge in [-0.2, -0.15) is 0 Å². The highest BCUT2D eigenvalue weighted by Gasteiger charge is 2.43. The van der Waals surface area contributed by atoms with Crippen molar-refractivity contribution in [3.63, 3.8) is 0 Å². The molecule has 0 bridgehead atoms. The largest absolute Gasteiger partial charge is 0.300 e. The molecule has 2 saturated carbocycles. The van der Waals surface area contributed by atoms with Gasteiger partial charge in [0.25, 0.3) is 0 Å². The fraction of sp³-hybridized carbons (Fsp3) is 0.550. The lowest BCUT2D eigenvalue weighted by molar-refractivity contribution is -0.134. The Morgan fingerprint density at radius 3 is 2.83 bits per heavy atom. The number of halogens is 1. The Kier molecular flexibility index (Phi) is 5.65. The first-order valence-electron chi connectivity index (χ1n) is 8.86. The van der Waals surface area contributed by atoms with Gasteiger partial charge >= 0.3 is 0 Å². The molecule has 0 aromatic carbocycles. The normalized spacial score (nSPS) is 30.3. The number of pyridine rings is 1.